The lowest BCUT2D eigenvalue weighted by molar-refractivity contribution is -0.316. The minimum atomic E-state index is -4.84. The van der Waals surface area contributed by atoms with Gasteiger partial charge in [-0.3, -0.25) is 19.6 Å². The summed E-state index contributed by atoms with van der Waals surface area (Å²) in [5.74, 6) is -2.55. The number of carbonyl (C=O) groups excluding carboxylic acids is 2. The van der Waals surface area contributed by atoms with Crippen molar-refractivity contribution in [3.05, 3.63) is 0 Å². The Balaban J connectivity index is 2.94. The molecular formula is C16H29N4O8P-4. The fourth-order valence-electron chi connectivity index (χ4n) is 3.20. The van der Waals surface area contributed by atoms with Crippen LogP contribution in [0.1, 0.15) is 6.92 Å². The number of aliphatic hydroxyl groups excluding tert-OH is 1. The van der Waals surface area contributed by atoms with Crippen molar-refractivity contribution in [3.8, 4) is 0 Å². The molecule has 0 aromatic carbocycles. The molecular weight excluding hydrogens is 407 g/mol. The lowest BCUT2D eigenvalue weighted by Crippen LogP contribution is -2.50. The van der Waals surface area contributed by atoms with Gasteiger partial charge in [-0.05, 0) is 6.92 Å². The van der Waals surface area contributed by atoms with E-state index in [0.29, 0.717) is 32.7 Å². The quantitative estimate of drug-likeness (QED) is 0.357. The zero-order valence-corrected chi connectivity index (χ0v) is 17.5. The molecule has 0 saturated carbocycles. The number of carboxylic acids is 2. The summed E-state index contributed by atoms with van der Waals surface area (Å²) in [5, 5.41) is 31.7. The van der Waals surface area contributed by atoms with Crippen molar-refractivity contribution in [3.63, 3.8) is 0 Å². The molecule has 0 aliphatic carbocycles. The number of nitrogens with zero attached hydrogens (tertiary/aromatic N) is 4. The highest BCUT2D eigenvalue weighted by molar-refractivity contribution is 7.48. The molecule has 1 saturated heterocycles. The van der Waals surface area contributed by atoms with Crippen LogP contribution in [0.4, 0.5) is 0 Å². The van der Waals surface area contributed by atoms with Gasteiger partial charge in [-0.1, -0.05) is 7.60 Å². The summed E-state index contributed by atoms with van der Waals surface area (Å²) in [7, 11) is -4.84. The van der Waals surface area contributed by atoms with E-state index in [2.05, 4.69) is 0 Å². The number of aliphatic hydroxyl groups is 1. The van der Waals surface area contributed by atoms with Gasteiger partial charge in [0.25, 0.3) is 0 Å². The van der Waals surface area contributed by atoms with Crippen molar-refractivity contribution in [1.29, 1.82) is 0 Å². The van der Waals surface area contributed by atoms with Crippen molar-refractivity contribution in [2.45, 2.75) is 13.0 Å². The minimum Gasteiger partial charge on any atom is -0.810 e. The molecule has 1 fully saturated rings. The molecule has 1 rings (SSSR count). The standard InChI is InChI=1S/C16H33N4O8P/c1-14(21)10-17-2-4-18(11-15(22)23)6-8-20(13-29(26,27)28)9-7-19(5-3-17)12-16(24)25/h14,21H,2-13H2,1H3,(H,22,23)(H,24,25)(H2,26,27,28)/p-4. The topological polar surface area (TPSA) is 177 Å². The van der Waals surface area contributed by atoms with Crippen LogP contribution in [0, 0.1) is 0 Å². The van der Waals surface area contributed by atoms with E-state index in [1.807, 2.05) is 4.90 Å². The zero-order chi connectivity index (χ0) is 22.0. The Kier molecular flexibility index (Phi) is 11.2. The van der Waals surface area contributed by atoms with Crippen molar-refractivity contribution < 1.29 is 39.3 Å². The van der Waals surface area contributed by atoms with Gasteiger partial charge in [0.2, 0.25) is 0 Å². The van der Waals surface area contributed by atoms with E-state index < -0.39 is 31.9 Å². The summed E-state index contributed by atoms with van der Waals surface area (Å²) >= 11 is 0. The number of hydrogen-bond acceptors (Lipinski definition) is 12. The Morgan fingerprint density at radius 3 is 1.48 bits per heavy atom. The fourth-order valence-corrected chi connectivity index (χ4v) is 3.98. The van der Waals surface area contributed by atoms with E-state index in [1.54, 1.807) is 16.7 Å². The third-order valence-corrected chi connectivity index (χ3v) is 5.28. The average molecular weight is 436 g/mol. The van der Waals surface area contributed by atoms with Gasteiger partial charge in [-0.15, -0.1) is 0 Å². The molecule has 0 aromatic rings. The van der Waals surface area contributed by atoms with Gasteiger partial charge in [0.05, 0.1) is 18.0 Å². The summed E-state index contributed by atoms with van der Waals surface area (Å²) in [6.45, 7) is 3.36. The van der Waals surface area contributed by atoms with Gasteiger partial charge in [0, 0.05) is 78.3 Å². The first-order chi connectivity index (χ1) is 13.4. The fraction of sp³-hybridized carbons (Fsp3) is 0.875. The smallest absolute Gasteiger partial charge is 0.0639 e. The number of carbonyl (C=O) groups is 2. The van der Waals surface area contributed by atoms with Crippen LogP contribution in [0.3, 0.4) is 0 Å². The van der Waals surface area contributed by atoms with Gasteiger partial charge >= 0.3 is 0 Å². The Morgan fingerprint density at radius 2 is 1.17 bits per heavy atom. The predicted molar refractivity (Wildman–Crippen MR) is 95.1 cm³/mol. The Bertz CT molecular complexity index is 541. The first kappa shape index (κ1) is 25.9. The van der Waals surface area contributed by atoms with Gasteiger partial charge in [0.15, 0.2) is 0 Å². The maximum absolute atomic E-state index is 11.2. The Labute approximate surface area is 170 Å². The second-order valence-corrected chi connectivity index (χ2v) is 8.82. The second-order valence-electron chi connectivity index (χ2n) is 7.32. The molecule has 1 heterocycles. The second kappa shape index (κ2) is 12.6. The van der Waals surface area contributed by atoms with E-state index in [4.69, 9.17) is 0 Å². The first-order valence-corrected chi connectivity index (χ1v) is 11.2. The molecule has 1 unspecified atom stereocenters. The summed E-state index contributed by atoms with van der Waals surface area (Å²) in [6.07, 6.45) is -1.34. The zero-order valence-electron chi connectivity index (χ0n) is 16.6. The van der Waals surface area contributed by atoms with Crippen LogP contribution in [-0.4, -0.2) is 121 Å². The molecule has 0 amide bonds. The highest BCUT2D eigenvalue weighted by Gasteiger charge is 2.18. The molecule has 170 valence electrons. The lowest BCUT2D eigenvalue weighted by atomic mass is 10.3. The Morgan fingerprint density at radius 1 is 0.828 bits per heavy atom. The average Bonchev–Trinajstić information content (AvgIpc) is 2.54. The monoisotopic (exact) mass is 436 g/mol. The van der Waals surface area contributed by atoms with Crippen LogP contribution in [0.2, 0.25) is 0 Å². The van der Waals surface area contributed by atoms with Gasteiger partial charge in [0.1, 0.15) is 0 Å². The van der Waals surface area contributed by atoms with Gasteiger partial charge < -0.3 is 39.3 Å². The third kappa shape index (κ3) is 12.9. The number of hydrogen-bond donors (Lipinski definition) is 1. The number of aliphatic carboxylic acids is 2. The normalized spacial score (nSPS) is 21.2. The first-order valence-electron chi connectivity index (χ1n) is 9.43. The molecule has 0 spiro atoms. The summed E-state index contributed by atoms with van der Waals surface area (Å²) in [5.41, 5.74) is 0. The molecule has 12 nitrogen and oxygen atoms in total. The van der Waals surface area contributed by atoms with Crippen molar-refractivity contribution in [1.82, 2.24) is 19.6 Å². The maximum atomic E-state index is 11.2. The van der Waals surface area contributed by atoms with Crippen LogP contribution in [0.5, 0.6) is 0 Å². The maximum Gasteiger partial charge on any atom is 0.0639 e. The molecule has 1 atom stereocenters. The van der Waals surface area contributed by atoms with Crippen LogP contribution < -0.4 is 20.0 Å². The number of carboxylic acid groups (broad SMARTS) is 2. The lowest BCUT2D eigenvalue weighted by Gasteiger charge is -2.39. The van der Waals surface area contributed by atoms with Crippen LogP contribution in [0.15, 0.2) is 0 Å². The van der Waals surface area contributed by atoms with Crippen LogP contribution >= 0.6 is 7.60 Å². The molecule has 0 bridgehead atoms. The van der Waals surface area contributed by atoms with E-state index in [0.717, 1.165) is 0 Å². The molecule has 1 aliphatic rings. The van der Waals surface area contributed by atoms with E-state index in [-0.39, 0.29) is 39.3 Å². The molecule has 0 radical (unpaired) electrons. The van der Waals surface area contributed by atoms with Gasteiger partial charge in [-0.25, -0.2) is 0 Å². The van der Waals surface area contributed by atoms with E-state index >= 15 is 0 Å². The summed E-state index contributed by atoms with van der Waals surface area (Å²) in [4.78, 5) is 50.9. The Hall–Kier alpha value is -1.11. The van der Waals surface area contributed by atoms with Crippen molar-refractivity contribution in [2.24, 2.45) is 0 Å². The number of β-amino-alcohol motifs (C(OH)–C–C–N with tert-alkyl or cyclic N) is 1. The molecule has 1 N–H and O–H groups in total. The third-order valence-electron chi connectivity index (χ3n) is 4.53. The summed E-state index contributed by atoms with van der Waals surface area (Å²) < 4.78 is 11.2. The molecule has 1 aliphatic heterocycles. The minimum absolute atomic E-state index is 0.122. The number of rotatable bonds is 8. The van der Waals surface area contributed by atoms with E-state index in [9.17, 15) is 39.3 Å². The molecule has 13 heteroatoms. The SMILES string of the molecule is CC(O)CN1CCN(CC(=O)[O-])CCN(CP(=O)([O-])[O-])CCN(CC(=O)[O-])CC1. The van der Waals surface area contributed by atoms with Crippen molar-refractivity contribution in [2.75, 3.05) is 78.3 Å². The highest BCUT2D eigenvalue weighted by atomic mass is 31.2. The largest absolute Gasteiger partial charge is 0.810 e. The van der Waals surface area contributed by atoms with E-state index in [1.165, 1.54) is 4.90 Å². The predicted octanol–water partition coefficient (Wildman–Crippen LogP) is -6.04. The highest BCUT2D eigenvalue weighted by Crippen LogP contribution is 2.24. The van der Waals surface area contributed by atoms with Gasteiger partial charge in [-0.2, -0.15) is 0 Å². The molecule has 0 aromatic heterocycles. The van der Waals surface area contributed by atoms with Crippen molar-refractivity contribution >= 4 is 19.5 Å². The summed E-state index contributed by atoms with van der Waals surface area (Å²) in [6, 6.07) is 0. The van der Waals surface area contributed by atoms with Crippen LogP contribution in [0.25, 0.3) is 0 Å². The van der Waals surface area contributed by atoms with Crippen LogP contribution in [-0.2, 0) is 14.2 Å². The molecule has 29 heavy (non-hydrogen) atoms.